The molecular weight excluding hydrogens is 528 g/mol. The SMILES string of the molecule is CN=C(NCC(=O)N(C)CC(F)(F)F)N1CCN(CC(=O)N2CCCCCC2)CC1.I. The molecule has 0 aromatic rings. The minimum atomic E-state index is -4.42. The second-order valence-corrected chi connectivity index (χ2v) is 7.82. The van der Waals surface area contributed by atoms with E-state index in [1.165, 1.54) is 12.8 Å². The molecule has 2 heterocycles. The van der Waals surface area contributed by atoms with E-state index in [0.717, 1.165) is 33.0 Å². The van der Waals surface area contributed by atoms with Crippen molar-refractivity contribution in [3.05, 3.63) is 0 Å². The van der Waals surface area contributed by atoms with Gasteiger partial charge in [0.1, 0.15) is 6.54 Å². The number of rotatable bonds is 5. The van der Waals surface area contributed by atoms with E-state index in [2.05, 4.69) is 15.2 Å². The highest BCUT2D eigenvalue weighted by atomic mass is 127. The van der Waals surface area contributed by atoms with Gasteiger partial charge in [-0.3, -0.25) is 19.5 Å². The van der Waals surface area contributed by atoms with Crippen LogP contribution in [0.25, 0.3) is 0 Å². The third kappa shape index (κ3) is 9.79. The third-order valence-electron chi connectivity index (χ3n) is 5.44. The van der Waals surface area contributed by atoms with Crippen LogP contribution >= 0.6 is 24.0 Å². The quantitative estimate of drug-likeness (QED) is 0.310. The number of hydrogen-bond acceptors (Lipinski definition) is 4. The van der Waals surface area contributed by atoms with Gasteiger partial charge in [-0.05, 0) is 12.8 Å². The first-order chi connectivity index (χ1) is 14.2. The van der Waals surface area contributed by atoms with Crippen LogP contribution in [0, 0.1) is 0 Å². The van der Waals surface area contributed by atoms with E-state index in [1.807, 2.05) is 9.80 Å². The van der Waals surface area contributed by atoms with Gasteiger partial charge in [-0.25, -0.2) is 0 Å². The van der Waals surface area contributed by atoms with Crippen molar-refractivity contribution >= 4 is 41.8 Å². The predicted molar refractivity (Wildman–Crippen MR) is 124 cm³/mol. The highest BCUT2D eigenvalue weighted by molar-refractivity contribution is 14.0. The van der Waals surface area contributed by atoms with Crippen molar-refractivity contribution in [2.24, 2.45) is 4.99 Å². The Morgan fingerprint density at radius 1 is 0.968 bits per heavy atom. The molecule has 0 aliphatic carbocycles. The van der Waals surface area contributed by atoms with Crippen molar-refractivity contribution in [3.8, 4) is 0 Å². The number of guanidine groups is 1. The summed E-state index contributed by atoms with van der Waals surface area (Å²) in [6.07, 6.45) is 0.0795. The van der Waals surface area contributed by atoms with Crippen molar-refractivity contribution < 1.29 is 22.8 Å². The van der Waals surface area contributed by atoms with Crippen molar-refractivity contribution in [1.82, 2.24) is 24.9 Å². The van der Waals surface area contributed by atoms with Gasteiger partial charge >= 0.3 is 6.18 Å². The summed E-state index contributed by atoms with van der Waals surface area (Å²) in [5.74, 6) is -0.0106. The van der Waals surface area contributed by atoms with Gasteiger partial charge in [-0.2, -0.15) is 13.2 Å². The summed E-state index contributed by atoms with van der Waals surface area (Å²) < 4.78 is 37.2. The van der Waals surface area contributed by atoms with E-state index in [4.69, 9.17) is 0 Å². The lowest BCUT2D eigenvalue weighted by atomic mass is 10.2. The second-order valence-electron chi connectivity index (χ2n) is 7.82. The summed E-state index contributed by atoms with van der Waals surface area (Å²) in [6, 6.07) is 0. The Bertz CT molecular complexity index is 604. The molecule has 1 N–H and O–H groups in total. The van der Waals surface area contributed by atoms with E-state index in [-0.39, 0.29) is 36.4 Å². The van der Waals surface area contributed by atoms with Gasteiger partial charge in [0.05, 0.1) is 13.1 Å². The maximum absolute atomic E-state index is 12.5. The average molecular weight is 562 g/mol. The van der Waals surface area contributed by atoms with Crippen LogP contribution in [-0.2, 0) is 9.59 Å². The van der Waals surface area contributed by atoms with Crippen LogP contribution in [0.5, 0.6) is 0 Å². The highest BCUT2D eigenvalue weighted by Gasteiger charge is 2.31. The minimum Gasteiger partial charge on any atom is -0.347 e. The van der Waals surface area contributed by atoms with Crippen LogP contribution in [0.1, 0.15) is 25.7 Å². The molecule has 2 aliphatic heterocycles. The van der Waals surface area contributed by atoms with Crippen LogP contribution < -0.4 is 5.32 Å². The number of piperazine rings is 1. The molecule has 2 saturated heterocycles. The molecule has 0 saturated carbocycles. The van der Waals surface area contributed by atoms with Crippen molar-refractivity contribution in [3.63, 3.8) is 0 Å². The molecule has 0 atom stereocenters. The number of nitrogens with one attached hydrogen (secondary N) is 1. The molecule has 8 nitrogen and oxygen atoms in total. The largest absolute Gasteiger partial charge is 0.406 e. The molecule has 0 unspecified atom stereocenters. The Kier molecular flexibility index (Phi) is 11.9. The van der Waals surface area contributed by atoms with Crippen LogP contribution in [0.2, 0.25) is 0 Å². The van der Waals surface area contributed by atoms with E-state index in [1.54, 1.807) is 7.05 Å². The average Bonchev–Trinajstić information content (AvgIpc) is 2.97. The molecular formula is C19H34F3IN6O2. The molecule has 0 bridgehead atoms. The topological polar surface area (TPSA) is 71.5 Å². The highest BCUT2D eigenvalue weighted by Crippen LogP contribution is 2.15. The lowest BCUT2D eigenvalue weighted by Crippen LogP contribution is -2.55. The van der Waals surface area contributed by atoms with Crippen LogP contribution in [0.3, 0.4) is 0 Å². The molecule has 0 spiro atoms. The van der Waals surface area contributed by atoms with E-state index in [0.29, 0.717) is 43.6 Å². The fraction of sp³-hybridized carbons (Fsp3) is 0.842. The van der Waals surface area contributed by atoms with E-state index >= 15 is 0 Å². The number of amides is 2. The summed E-state index contributed by atoms with van der Waals surface area (Å²) in [5.41, 5.74) is 0. The summed E-state index contributed by atoms with van der Waals surface area (Å²) in [6.45, 7) is 3.16. The van der Waals surface area contributed by atoms with Crippen molar-refractivity contribution in [1.29, 1.82) is 0 Å². The van der Waals surface area contributed by atoms with Crippen LogP contribution in [-0.4, -0.2) is 117 Å². The number of aliphatic imine (C=N–C) groups is 1. The van der Waals surface area contributed by atoms with E-state index < -0.39 is 18.6 Å². The number of likely N-dealkylation sites (tertiary alicyclic amines) is 1. The zero-order chi connectivity index (χ0) is 22.1. The zero-order valence-corrected chi connectivity index (χ0v) is 20.6. The summed E-state index contributed by atoms with van der Waals surface area (Å²) in [4.78, 5) is 35.3. The minimum absolute atomic E-state index is 0. The van der Waals surface area contributed by atoms with Crippen LogP contribution in [0.4, 0.5) is 13.2 Å². The van der Waals surface area contributed by atoms with Gasteiger partial charge in [-0.1, -0.05) is 12.8 Å². The Morgan fingerprint density at radius 3 is 2.06 bits per heavy atom. The van der Waals surface area contributed by atoms with Gasteiger partial charge in [0.25, 0.3) is 0 Å². The van der Waals surface area contributed by atoms with E-state index in [9.17, 15) is 22.8 Å². The molecule has 2 rings (SSSR count). The molecule has 0 radical (unpaired) electrons. The van der Waals surface area contributed by atoms with Gasteiger partial charge in [0.15, 0.2) is 5.96 Å². The molecule has 180 valence electrons. The second kappa shape index (κ2) is 13.3. The number of nitrogens with zero attached hydrogens (tertiary/aromatic N) is 5. The molecule has 2 aliphatic rings. The maximum Gasteiger partial charge on any atom is 0.406 e. The van der Waals surface area contributed by atoms with Crippen molar-refractivity contribution in [2.45, 2.75) is 31.9 Å². The Hall–Kier alpha value is -1.31. The molecule has 12 heteroatoms. The van der Waals surface area contributed by atoms with Gasteiger partial charge in [0, 0.05) is 53.4 Å². The lowest BCUT2D eigenvalue weighted by molar-refractivity contribution is -0.157. The molecule has 31 heavy (non-hydrogen) atoms. The zero-order valence-electron chi connectivity index (χ0n) is 18.3. The summed E-state index contributed by atoms with van der Waals surface area (Å²) in [7, 11) is 2.70. The van der Waals surface area contributed by atoms with Crippen molar-refractivity contribution in [2.75, 3.05) is 73.0 Å². The predicted octanol–water partition coefficient (Wildman–Crippen LogP) is 1.22. The molecule has 2 fully saturated rings. The standard InChI is InChI=1S/C19H33F3N6O2.HI/c1-23-18(24-13-16(29)25(2)15-19(20,21)22)28-11-9-26(10-12-28)14-17(30)27-7-5-3-4-6-8-27;/h3-15H2,1-2H3,(H,23,24);1H. The fourth-order valence-electron chi connectivity index (χ4n) is 3.71. The first-order valence-electron chi connectivity index (χ1n) is 10.5. The summed E-state index contributed by atoms with van der Waals surface area (Å²) in [5, 5.41) is 2.84. The number of likely N-dealkylation sites (N-methyl/N-ethyl adjacent to an activating group) is 1. The first-order valence-corrected chi connectivity index (χ1v) is 10.5. The first kappa shape index (κ1) is 27.7. The number of hydrogen-bond donors (Lipinski definition) is 1. The number of alkyl halides is 3. The van der Waals surface area contributed by atoms with Gasteiger partial charge in [-0.15, -0.1) is 24.0 Å². The molecule has 0 aromatic heterocycles. The van der Waals surface area contributed by atoms with Gasteiger partial charge in [0.2, 0.25) is 11.8 Å². The maximum atomic E-state index is 12.5. The molecule has 2 amide bonds. The normalized spacial score (nSPS) is 18.8. The number of halogens is 4. The Balaban J connectivity index is 0.00000480. The third-order valence-corrected chi connectivity index (χ3v) is 5.44. The van der Waals surface area contributed by atoms with Crippen LogP contribution in [0.15, 0.2) is 4.99 Å². The number of carbonyl (C=O) groups excluding carboxylic acids is 2. The monoisotopic (exact) mass is 562 g/mol. The lowest BCUT2D eigenvalue weighted by Gasteiger charge is -2.37. The Labute approximate surface area is 199 Å². The summed E-state index contributed by atoms with van der Waals surface area (Å²) >= 11 is 0. The smallest absolute Gasteiger partial charge is 0.347 e. The molecule has 0 aromatic carbocycles. The Morgan fingerprint density at radius 2 is 1.55 bits per heavy atom. The fourth-order valence-corrected chi connectivity index (χ4v) is 3.71. The van der Waals surface area contributed by atoms with Gasteiger partial charge < -0.3 is 20.0 Å². The number of carbonyl (C=O) groups is 2.